The van der Waals surface area contributed by atoms with Gasteiger partial charge in [0.15, 0.2) is 0 Å². The summed E-state index contributed by atoms with van der Waals surface area (Å²) in [5, 5.41) is 5.86. The zero-order valence-electron chi connectivity index (χ0n) is 20.6. The van der Waals surface area contributed by atoms with Crippen molar-refractivity contribution in [2.24, 2.45) is 5.10 Å². The summed E-state index contributed by atoms with van der Waals surface area (Å²) in [6.45, 7) is 0.174. The molecule has 0 N–H and O–H groups in total. The Labute approximate surface area is 213 Å². The summed E-state index contributed by atoms with van der Waals surface area (Å²) in [6, 6.07) is 23.9. The van der Waals surface area contributed by atoms with E-state index >= 15 is 0 Å². The minimum atomic E-state index is -0.564. The fraction of sp³-hybridized carbons (Fsp3) is 0.179. The van der Waals surface area contributed by atoms with Crippen LogP contribution in [0.15, 0.2) is 99.6 Å². The van der Waals surface area contributed by atoms with Crippen molar-refractivity contribution in [3.8, 4) is 5.75 Å². The fourth-order valence-corrected chi connectivity index (χ4v) is 3.64. The van der Waals surface area contributed by atoms with E-state index < -0.39 is 17.1 Å². The van der Waals surface area contributed by atoms with Crippen molar-refractivity contribution in [3.05, 3.63) is 128 Å². The fourth-order valence-electron chi connectivity index (χ4n) is 3.64. The van der Waals surface area contributed by atoms with E-state index in [2.05, 4.69) is 5.10 Å². The first-order valence-electron chi connectivity index (χ1n) is 11.6. The number of hydrogen-bond acceptors (Lipinski definition) is 6. The number of ether oxygens (including phenoxy) is 2. The van der Waals surface area contributed by atoms with Crippen LogP contribution in [0.5, 0.6) is 5.75 Å². The Morgan fingerprint density at radius 1 is 0.919 bits per heavy atom. The Morgan fingerprint density at radius 3 is 2.30 bits per heavy atom. The van der Waals surface area contributed by atoms with Gasteiger partial charge in [-0.2, -0.15) is 5.10 Å². The Bertz CT molecular complexity index is 1460. The highest BCUT2D eigenvalue weighted by atomic mass is 19.1. The van der Waals surface area contributed by atoms with Crippen LogP contribution in [0.3, 0.4) is 0 Å². The average molecular weight is 503 g/mol. The summed E-state index contributed by atoms with van der Waals surface area (Å²) in [7, 11) is 3.24. The first-order valence-corrected chi connectivity index (χ1v) is 11.6. The number of anilines is 1. The molecule has 1 heterocycles. The van der Waals surface area contributed by atoms with E-state index in [1.807, 2.05) is 54.6 Å². The van der Waals surface area contributed by atoms with Gasteiger partial charge in [-0.1, -0.05) is 42.5 Å². The van der Waals surface area contributed by atoms with Crippen LogP contribution in [0.1, 0.15) is 16.7 Å². The standard InChI is InChI=1S/C28H27FN4O4/c1-31(30-17-21-10-14-25(36-2)15-11-21)26-16-27(34)32(18-22-8-12-24(29)13-9-22)28(35)33(26)20-37-19-23-6-4-3-5-7-23/h3-17H,18-20H2,1-2H3/b30-17+. The van der Waals surface area contributed by atoms with Crippen molar-refractivity contribution >= 4 is 12.0 Å². The Morgan fingerprint density at radius 2 is 1.62 bits per heavy atom. The van der Waals surface area contributed by atoms with Crippen LogP contribution >= 0.6 is 0 Å². The molecule has 8 nitrogen and oxygen atoms in total. The van der Waals surface area contributed by atoms with Crippen LogP contribution < -0.4 is 21.0 Å². The maximum absolute atomic E-state index is 13.5. The number of methoxy groups -OCH3 is 1. The minimum Gasteiger partial charge on any atom is -0.497 e. The molecule has 4 aromatic rings. The molecular weight excluding hydrogens is 475 g/mol. The van der Waals surface area contributed by atoms with Gasteiger partial charge in [-0.3, -0.25) is 18.9 Å². The molecule has 0 saturated carbocycles. The summed E-state index contributed by atoms with van der Waals surface area (Å²) in [5.41, 5.74) is 1.31. The van der Waals surface area contributed by atoms with Gasteiger partial charge in [-0.05, 0) is 53.1 Å². The van der Waals surface area contributed by atoms with Crippen LogP contribution in [-0.2, 0) is 24.6 Å². The first kappa shape index (κ1) is 25.6. The molecule has 190 valence electrons. The van der Waals surface area contributed by atoms with Gasteiger partial charge in [-0.15, -0.1) is 0 Å². The van der Waals surface area contributed by atoms with Gasteiger partial charge in [0.25, 0.3) is 5.56 Å². The molecular formula is C28H27FN4O4. The van der Waals surface area contributed by atoms with E-state index in [0.29, 0.717) is 5.56 Å². The maximum atomic E-state index is 13.5. The highest BCUT2D eigenvalue weighted by Crippen LogP contribution is 2.13. The van der Waals surface area contributed by atoms with Crippen LogP contribution in [0.4, 0.5) is 10.2 Å². The average Bonchev–Trinajstić information content (AvgIpc) is 2.92. The van der Waals surface area contributed by atoms with E-state index in [0.717, 1.165) is 21.4 Å². The summed E-state index contributed by atoms with van der Waals surface area (Å²) >= 11 is 0. The Kier molecular flexibility index (Phi) is 8.27. The zero-order chi connectivity index (χ0) is 26.2. The Balaban J connectivity index is 1.64. The number of nitrogens with zero attached hydrogens (tertiary/aromatic N) is 4. The van der Waals surface area contributed by atoms with Crippen molar-refractivity contribution in [1.82, 2.24) is 9.13 Å². The van der Waals surface area contributed by atoms with E-state index in [1.165, 1.54) is 39.9 Å². The molecule has 0 radical (unpaired) electrons. The molecule has 3 aromatic carbocycles. The normalized spacial score (nSPS) is 11.1. The molecule has 0 atom stereocenters. The van der Waals surface area contributed by atoms with Crippen LogP contribution in [0.25, 0.3) is 0 Å². The molecule has 0 saturated heterocycles. The summed E-state index contributed by atoms with van der Waals surface area (Å²) in [5.74, 6) is 0.595. The Hall–Kier alpha value is -4.50. The molecule has 0 spiro atoms. The van der Waals surface area contributed by atoms with Gasteiger partial charge in [-0.25, -0.2) is 9.18 Å². The van der Waals surface area contributed by atoms with Crippen LogP contribution in [0, 0.1) is 5.82 Å². The molecule has 0 aliphatic rings. The minimum absolute atomic E-state index is 0.00422. The highest BCUT2D eigenvalue weighted by Gasteiger charge is 2.15. The number of aromatic nitrogens is 2. The lowest BCUT2D eigenvalue weighted by atomic mass is 10.2. The number of hydrogen-bond donors (Lipinski definition) is 0. The van der Waals surface area contributed by atoms with Gasteiger partial charge in [0.2, 0.25) is 0 Å². The molecule has 0 unspecified atom stereocenters. The van der Waals surface area contributed by atoms with Gasteiger partial charge in [0.1, 0.15) is 24.1 Å². The predicted octanol–water partition coefficient (Wildman–Crippen LogP) is 3.85. The van der Waals surface area contributed by atoms with Crippen LogP contribution in [-0.4, -0.2) is 29.5 Å². The smallest absolute Gasteiger partial charge is 0.334 e. The quantitative estimate of drug-likeness (QED) is 0.243. The second kappa shape index (κ2) is 12.0. The second-order valence-electron chi connectivity index (χ2n) is 8.27. The molecule has 37 heavy (non-hydrogen) atoms. The van der Waals surface area contributed by atoms with Crippen molar-refractivity contribution in [1.29, 1.82) is 0 Å². The molecule has 0 aliphatic heterocycles. The van der Waals surface area contributed by atoms with Crippen molar-refractivity contribution in [2.45, 2.75) is 19.9 Å². The van der Waals surface area contributed by atoms with Gasteiger partial charge >= 0.3 is 5.69 Å². The van der Waals surface area contributed by atoms with Crippen LogP contribution in [0.2, 0.25) is 0 Å². The molecule has 4 rings (SSSR count). The lowest BCUT2D eigenvalue weighted by Gasteiger charge is -2.20. The van der Waals surface area contributed by atoms with Gasteiger partial charge in [0, 0.05) is 13.1 Å². The number of hydrazone groups is 1. The third-order valence-corrected chi connectivity index (χ3v) is 5.67. The van der Waals surface area contributed by atoms with E-state index in [4.69, 9.17) is 9.47 Å². The largest absolute Gasteiger partial charge is 0.497 e. The second-order valence-corrected chi connectivity index (χ2v) is 8.27. The predicted molar refractivity (Wildman–Crippen MR) is 141 cm³/mol. The van der Waals surface area contributed by atoms with Crippen molar-refractivity contribution < 1.29 is 13.9 Å². The molecule has 0 bridgehead atoms. The summed E-state index contributed by atoms with van der Waals surface area (Å²) in [4.78, 5) is 26.4. The number of rotatable bonds is 10. The lowest BCUT2D eigenvalue weighted by molar-refractivity contribution is 0.0607. The maximum Gasteiger partial charge on any atom is 0.334 e. The van der Waals surface area contributed by atoms with E-state index in [-0.39, 0.29) is 25.7 Å². The SMILES string of the molecule is COc1ccc(/C=N/N(C)c2cc(=O)n(Cc3ccc(F)cc3)c(=O)n2COCc2ccccc2)cc1. The zero-order valence-corrected chi connectivity index (χ0v) is 20.6. The molecule has 0 amide bonds. The lowest BCUT2D eigenvalue weighted by Crippen LogP contribution is -2.42. The molecule has 1 aromatic heterocycles. The number of benzene rings is 3. The van der Waals surface area contributed by atoms with Crippen molar-refractivity contribution in [3.63, 3.8) is 0 Å². The molecule has 9 heteroatoms. The van der Waals surface area contributed by atoms with Gasteiger partial charge < -0.3 is 9.47 Å². The van der Waals surface area contributed by atoms with E-state index in [9.17, 15) is 14.0 Å². The van der Waals surface area contributed by atoms with Crippen molar-refractivity contribution in [2.75, 3.05) is 19.2 Å². The highest BCUT2D eigenvalue weighted by molar-refractivity contribution is 5.80. The number of halogens is 1. The first-order chi connectivity index (χ1) is 17.9. The molecule has 0 fully saturated rings. The monoisotopic (exact) mass is 502 g/mol. The topological polar surface area (TPSA) is 78.1 Å². The summed E-state index contributed by atoms with van der Waals surface area (Å²) < 4.78 is 26.8. The van der Waals surface area contributed by atoms with E-state index in [1.54, 1.807) is 20.4 Å². The third-order valence-electron chi connectivity index (χ3n) is 5.67. The molecule has 0 aliphatic carbocycles. The summed E-state index contributed by atoms with van der Waals surface area (Å²) in [6.07, 6.45) is 1.61. The third kappa shape index (κ3) is 6.59. The van der Waals surface area contributed by atoms with Gasteiger partial charge in [0.05, 0.1) is 26.5 Å².